The van der Waals surface area contributed by atoms with Crippen molar-refractivity contribution in [3.8, 4) is 0 Å². The van der Waals surface area contributed by atoms with Gasteiger partial charge in [-0.1, -0.05) is 6.08 Å². The van der Waals surface area contributed by atoms with E-state index in [0.717, 1.165) is 5.70 Å². The topological polar surface area (TPSA) is 23.5 Å². The third kappa shape index (κ3) is 1.07. The third-order valence-electron chi connectivity index (χ3n) is 1.75. The quantitative estimate of drug-likeness (QED) is 0.563. The van der Waals surface area contributed by atoms with Crippen LogP contribution in [0.25, 0.3) is 0 Å². The first-order chi connectivity index (χ1) is 5.36. The van der Waals surface area contributed by atoms with Crippen molar-refractivity contribution in [3.05, 3.63) is 48.0 Å². The van der Waals surface area contributed by atoms with Crippen LogP contribution in [0.1, 0.15) is 0 Å². The summed E-state index contributed by atoms with van der Waals surface area (Å²) >= 11 is 0. The van der Waals surface area contributed by atoms with Crippen LogP contribution in [-0.4, -0.2) is 16.6 Å². The Morgan fingerprint density at radius 2 is 2.18 bits per heavy atom. The van der Waals surface area contributed by atoms with Crippen LogP contribution in [0.4, 0.5) is 0 Å². The molecule has 0 amide bonds. The number of aliphatic hydroxyl groups excluding tert-OH is 1. The molecule has 2 aliphatic rings. The number of fused-ring (bicyclic) bond motifs is 1. The highest BCUT2D eigenvalue weighted by molar-refractivity contribution is 5.34. The van der Waals surface area contributed by atoms with Crippen molar-refractivity contribution in [2.24, 2.45) is 0 Å². The van der Waals surface area contributed by atoms with Crippen LogP contribution >= 0.6 is 0 Å². The van der Waals surface area contributed by atoms with Gasteiger partial charge in [-0.3, -0.25) is 0 Å². The molecule has 2 heteroatoms. The molecule has 0 saturated heterocycles. The van der Waals surface area contributed by atoms with Gasteiger partial charge in [0.15, 0.2) is 0 Å². The van der Waals surface area contributed by atoms with E-state index in [1.165, 1.54) is 0 Å². The molecule has 1 N–H and O–H groups in total. The summed E-state index contributed by atoms with van der Waals surface area (Å²) in [5.74, 6) is 0.411. The number of hydrogen-bond acceptors (Lipinski definition) is 2. The van der Waals surface area contributed by atoms with E-state index in [9.17, 15) is 0 Å². The molecule has 2 rings (SSSR count). The Morgan fingerprint density at radius 3 is 3.09 bits per heavy atom. The van der Waals surface area contributed by atoms with Crippen LogP contribution in [0.15, 0.2) is 48.0 Å². The summed E-state index contributed by atoms with van der Waals surface area (Å²) in [6.45, 7) is 0.590. The van der Waals surface area contributed by atoms with E-state index in [0.29, 0.717) is 12.3 Å². The molecule has 11 heavy (non-hydrogen) atoms. The van der Waals surface area contributed by atoms with Crippen molar-refractivity contribution >= 4 is 0 Å². The first kappa shape index (κ1) is 6.28. The maximum absolute atomic E-state index is 9.16. The maximum Gasteiger partial charge on any atom is 0.112 e. The predicted molar refractivity (Wildman–Crippen MR) is 43.8 cm³/mol. The fraction of sp³-hybridized carbons (Fsp3) is 0.111. The fourth-order valence-electron chi connectivity index (χ4n) is 1.19. The molecular formula is C9H9NO. The van der Waals surface area contributed by atoms with Gasteiger partial charge < -0.3 is 10.0 Å². The predicted octanol–water partition coefficient (Wildman–Crippen LogP) is 1.71. The van der Waals surface area contributed by atoms with Crippen LogP contribution in [0.3, 0.4) is 0 Å². The number of nitrogens with zero attached hydrogens (tertiary/aromatic N) is 1. The second-order valence-corrected chi connectivity index (χ2v) is 2.58. The monoisotopic (exact) mass is 147 g/mol. The Balaban J connectivity index is 2.33. The first-order valence-electron chi connectivity index (χ1n) is 3.57. The molecule has 0 unspecified atom stereocenters. The van der Waals surface area contributed by atoms with E-state index in [-0.39, 0.29) is 0 Å². The van der Waals surface area contributed by atoms with Crippen LogP contribution in [0, 0.1) is 0 Å². The average Bonchev–Trinajstić information content (AvgIpc) is 2.04. The van der Waals surface area contributed by atoms with Gasteiger partial charge in [0.25, 0.3) is 0 Å². The molecule has 0 aromatic rings. The highest BCUT2D eigenvalue weighted by Crippen LogP contribution is 2.17. The van der Waals surface area contributed by atoms with Gasteiger partial charge in [-0.05, 0) is 24.3 Å². The second-order valence-electron chi connectivity index (χ2n) is 2.58. The van der Waals surface area contributed by atoms with Crippen molar-refractivity contribution < 1.29 is 5.11 Å². The van der Waals surface area contributed by atoms with Gasteiger partial charge in [0.05, 0.1) is 6.54 Å². The Kier molecular flexibility index (Phi) is 1.32. The molecule has 56 valence electrons. The third-order valence-corrected chi connectivity index (χ3v) is 1.75. The zero-order valence-corrected chi connectivity index (χ0v) is 6.07. The summed E-state index contributed by atoms with van der Waals surface area (Å²) in [6, 6.07) is 0. The highest BCUT2D eigenvalue weighted by atomic mass is 16.3. The molecule has 0 spiro atoms. The van der Waals surface area contributed by atoms with Crippen LogP contribution in [-0.2, 0) is 0 Å². The Labute approximate surface area is 65.4 Å². The van der Waals surface area contributed by atoms with E-state index in [2.05, 4.69) is 0 Å². The largest absolute Gasteiger partial charge is 0.510 e. The summed E-state index contributed by atoms with van der Waals surface area (Å²) in [5, 5.41) is 9.16. The second kappa shape index (κ2) is 2.31. The van der Waals surface area contributed by atoms with E-state index >= 15 is 0 Å². The maximum atomic E-state index is 9.16. The fourth-order valence-corrected chi connectivity index (χ4v) is 1.19. The first-order valence-corrected chi connectivity index (χ1v) is 3.57. The van der Waals surface area contributed by atoms with Crippen LogP contribution < -0.4 is 0 Å². The Morgan fingerprint density at radius 1 is 1.27 bits per heavy atom. The van der Waals surface area contributed by atoms with Gasteiger partial charge in [-0.2, -0.15) is 0 Å². The molecule has 0 radical (unpaired) electrons. The zero-order chi connectivity index (χ0) is 7.68. The molecule has 0 aromatic carbocycles. The Bertz CT molecular complexity index is 284. The number of aliphatic hydroxyl groups is 1. The lowest BCUT2D eigenvalue weighted by atomic mass is 10.2. The molecular weight excluding hydrogens is 138 g/mol. The van der Waals surface area contributed by atoms with Crippen molar-refractivity contribution in [2.75, 3.05) is 6.54 Å². The van der Waals surface area contributed by atoms with Crippen molar-refractivity contribution in [2.45, 2.75) is 0 Å². The normalized spacial score (nSPS) is 20.9. The molecule has 0 saturated carbocycles. The minimum atomic E-state index is 0.411. The van der Waals surface area contributed by atoms with Gasteiger partial charge >= 0.3 is 0 Å². The summed E-state index contributed by atoms with van der Waals surface area (Å²) in [4.78, 5) is 2.00. The van der Waals surface area contributed by atoms with Crippen LogP contribution in [0.2, 0.25) is 0 Å². The number of allylic oxidation sites excluding steroid dienone is 5. The molecule has 0 fully saturated rings. The van der Waals surface area contributed by atoms with E-state index < -0.39 is 0 Å². The molecule has 0 bridgehead atoms. The lowest BCUT2D eigenvalue weighted by molar-refractivity contribution is 0.341. The van der Waals surface area contributed by atoms with Crippen LogP contribution in [0.5, 0.6) is 0 Å². The lowest BCUT2D eigenvalue weighted by Gasteiger charge is -2.25. The van der Waals surface area contributed by atoms with Gasteiger partial charge in [0.1, 0.15) is 5.76 Å². The number of hydrogen-bond donors (Lipinski definition) is 1. The summed E-state index contributed by atoms with van der Waals surface area (Å²) in [7, 11) is 0. The average molecular weight is 147 g/mol. The molecule has 2 nitrogen and oxygen atoms in total. The van der Waals surface area contributed by atoms with Crippen molar-refractivity contribution in [1.29, 1.82) is 0 Å². The molecule has 0 atom stereocenters. The van der Waals surface area contributed by atoms with E-state index in [1.807, 2.05) is 35.4 Å². The molecule has 2 aliphatic heterocycles. The molecule has 2 heterocycles. The summed E-state index contributed by atoms with van der Waals surface area (Å²) < 4.78 is 0. The van der Waals surface area contributed by atoms with Gasteiger partial charge in [0, 0.05) is 11.9 Å². The van der Waals surface area contributed by atoms with Crippen molar-refractivity contribution in [3.63, 3.8) is 0 Å². The summed E-state index contributed by atoms with van der Waals surface area (Å²) in [6.07, 6.45) is 11.5. The van der Waals surface area contributed by atoms with Crippen molar-refractivity contribution in [1.82, 2.24) is 4.90 Å². The lowest BCUT2D eigenvalue weighted by Crippen LogP contribution is -2.22. The minimum absolute atomic E-state index is 0.411. The van der Waals surface area contributed by atoms with E-state index in [4.69, 9.17) is 5.11 Å². The number of rotatable bonds is 0. The molecule has 0 aromatic heterocycles. The van der Waals surface area contributed by atoms with Gasteiger partial charge in [-0.15, -0.1) is 0 Å². The summed E-state index contributed by atoms with van der Waals surface area (Å²) in [5.41, 5.74) is 1.13. The highest BCUT2D eigenvalue weighted by Gasteiger charge is 2.10. The van der Waals surface area contributed by atoms with E-state index in [1.54, 1.807) is 6.08 Å². The standard InChI is InChI=1S/C9H9NO/c11-9-5-4-8-3-1-2-6-10(8)7-9/h1-6,11H,7H2. The molecule has 0 aliphatic carbocycles. The zero-order valence-electron chi connectivity index (χ0n) is 6.07. The minimum Gasteiger partial charge on any atom is -0.510 e. The SMILES string of the molecule is OC1=CC=C2C=CC=CN2C1. The Hall–Kier alpha value is -1.44. The smallest absolute Gasteiger partial charge is 0.112 e. The van der Waals surface area contributed by atoms with Gasteiger partial charge in [-0.25, -0.2) is 0 Å². The van der Waals surface area contributed by atoms with Gasteiger partial charge in [0.2, 0.25) is 0 Å².